The van der Waals surface area contributed by atoms with Gasteiger partial charge in [0, 0.05) is 37.2 Å². The van der Waals surface area contributed by atoms with Crippen molar-refractivity contribution in [3.63, 3.8) is 0 Å². The molecule has 1 amide bonds. The summed E-state index contributed by atoms with van der Waals surface area (Å²) in [6.45, 7) is 3.30. The fourth-order valence-corrected chi connectivity index (χ4v) is 3.71. The number of halogens is 1. The van der Waals surface area contributed by atoms with Gasteiger partial charge in [0.05, 0.1) is 6.54 Å². The average Bonchev–Trinajstić information content (AvgIpc) is 3.36. The minimum atomic E-state index is -0.257. The Morgan fingerprint density at radius 2 is 1.83 bits per heavy atom. The van der Waals surface area contributed by atoms with Crippen molar-refractivity contribution in [3.05, 3.63) is 71.7 Å². The molecule has 3 aromatic rings. The third-order valence-electron chi connectivity index (χ3n) is 5.29. The first kappa shape index (κ1) is 20.2. The number of hydrogen-bond donors (Lipinski definition) is 1. The number of nitrogens with one attached hydrogen (secondary N) is 1. The van der Waals surface area contributed by atoms with E-state index in [0.717, 1.165) is 49.4 Å². The van der Waals surface area contributed by atoms with Gasteiger partial charge in [-0.2, -0.15) is 15.0 Å². The lowest BCUT2D eigenvalue weighted by Gasteiger charge is -2.15. The van der Waals surface area contributed by atoms with Gasteiger partial charge in [0.25, 0.3) is 0 Å². The lowest BCUT2D eigenvalue weighted by atomic mass is 10.1. The Morgan fingerprint density at radius 3 is 2.60 bits per heavy atom. The van der Waals surface area contributed by atoms with Crippen LogP contribution in [0.3, 0.4) is 0 Å². The summed E-state index contributed by atoms with van der Waals surface area (Å²) in [5, 5.41) is 12.7. The first-order chi connectivity index (χ1) is 14.7. The molecule has 0 atom stereocenters. The molecule has 156 valence electrons. The zero-order valence-electron chi connectivity index (χ0n) is 16.9. The largest absolute Gasteiger partial charge is 0.343 e. The van der Waals surface area contributed by atoms with Crippen molar-refractivity contribution in [1.82, 2.24) is 25.2 Å². The van der Waals surface area contributed by atoms with Crippen molar-refractivity contribution in [2.45, 2.75) is 32.4 Å². The molecule has 0 unspecified atom stereocenters. The fourth-order valence-electron chi connectivity index (χ4n) is 3.71. The molecular formula is C23H26FN5O. The van der Waals surface area contributed by atoms with E-state index in [9.17, 15) is 9.18 Å². The third-order valence-corrected chi connectivity index (χ3v) is 5.29. The van der Waals surface area contributed by atoms with E-state index in [1.165, 1.54) is 6.07 Å². The van der Waals surface area contributed by atoms with Crippen LogP contribution < -0.4 is 5.32 Å². The first-order valence-electron chi connectivity index (χ1n) is 10.4. The molecule has 0 bridgehead atoms. The van der Waals surface area contributed by atoms with Crippen molar-refractivity contribution in [2.24, 2.45) is 0 Å². The molecule has 4 rings (SSSR count). The smallest absolute Gasteiger partial charge is 0.222 e. The number of carbonyl (C=O) groups excluding carboxylic acids is 1. The Balaban J connectivity index is 1.42. The van der Waals surface area contributed by atoms with Gasteiger partial charge in [0.15, 0.2) is 0 Å². The molecule has 0 radical (unpaired) electrons. The summed E-state index contributed by atoms with van der Waals surface area (Å²) >= 11 is 0. The molecule has 0 aliphatic carbocycles. The molecule has 1 aromatic heterocycles. The molecule has 7 heteroatoms. The molecular weight excluding hydrogens is 381 g/mol. The van der Waals surface area contributed by atoms with Gasteiger partial charge in [-0.3, -0.25) is 4.79 Å². The number of carbonyl (C=O) groups is 1. The topological polar surface area (TPSA) is 63.1 Å². The van der Waals surface area contributed by atoms with Crippen LogP contribution in [0.4, 0.5) is 4.39 Å². The molecule has 2 aromatic carbocycles. The maximum atomic E-state index is 14.0. The molecule has 1 saturated heterocycles. The van der Waals surface area contributed by atoms with Crippen LogP contribution in [0.5, 0.6) is 0 Å². The number of benzene rings is 2. The molecule has 6 nitrogen and oxygen atoms in total. The SMILES string of the molecule is O=C1CCCN1CCCNCc1nn(Cc2ccccc2F)nc1-c1ccccc1. The highest BCUT2D eigenvalue weighted by atomic mass is 19.1. The van der Waals surface area contributed by atoms with Crippen molar-refractivity contribution < 1.29 is 9.18 Å². The summed E-state index contributed by atoms with van der Waals surface area (Å²) in [6.07, 6.45) is 2.55. The summed E-state index contributed by atoms with van der Waals surface area (Å²) in [4.78, 5) is 15.2. The average molecular weight is 407 g/mol. The summed E-state index contributed by atoms with van der Waals surface area (Å²) < 4.78 is 14.0. The van der Waals surface area contributed by atoms with Crippen LogP contribution in [0.1, 0.15) is 30.5 Å². The van der Waals surface area contributed by atoms with Crippen LogP contribution >= 0.6 is 0 Å². The highest BCUT2D eigenvalue weighted by molar-refractivity contribution is 5.78. The van der Waals surface area contributed by atoms with Gasteiger partial charge in [0.1, 0.15) is 17.2 Å². The Hall–Kier alpha value is -3.06. The Bertz CT molecular complexity index is 988. The molecule has 1 fully saturated rings. The molecule has 0 spiro atoms. The normalized spacial score (nSPS) is 13.9. The maximum Gasteiger partial charge on any atom is 0.222 e. The van der Waals surface area contributed by atoms with E-state index >= 15 is 0 Å². The van der Waals surface area contributed by atoms with Gasteiger partial charge >= 0.3 is 0 Å². The van der Waals surface area contributed by atoms with Crippen molar-refractivity contribution >= 4 is 5.91 Å². The molecule has 0 saturated carbocycles. The van der Waals surface area contributed by atoms with Crippen molar-refractivity contribution in [2.75, 3.05) is 19.6 Å². The number of nitrogens with zero attached hydrogens (tertiary/aromatic N) is 4. The Kier molecular flexibility index (Phi) is 6.49. The number of likely N-dealkylation sites (tertiary alicyclic amines) is 1. The fraction of sp³-hybridized carbons (Fsp3) is 0.348. The highest BCUT2D eigenvalue weighted by Crippen LogP contribution is 2.20. The summed E-state index contributed by atoms with van der Waals surface area (Å²) in [6, 6.07) is 16.6. The third kappa shape index (κ3) is 4.91. The number of amides is 1. The monoisotopic (exact) mass is 407 g/mol. The molecule has 30 heavy (non-hydrogen) atoms. The highest BCUT2D eigenvalue weighted by Gasteiger charge is 2.19. The van der Waals surface area contributed by atoms with Crippen LogP contribution in [-0.4, -0.2) is 45.4 Å². The molecule has 2 heterocycles. The van der Waals surface area contributed by atoms with E-state index in [2.05, 4.69) is 15.5 Å². The van der Waals surface area contributed by atoms with Gasteiger partial charge in [0.2, 0.25) is 5.91 Å². The summed E-state index contributed by atoms with van der Waals surface area (Å²) in [7, 11) is 0. The van der Waals surface area contributed by atoms with Crippen molar-refractivity contribution in [1.29, 1.82) is 0 Å². The van der Waals surface area contributed by atoms with Gasteiger partial charge in [-0.25, -0.2) is 4.39 Å². The Morgan fingerprint density at radius 1 is 1.03 bits per heavy atom. The molecule has 1 N–H and O–H groups in total. The van der Waals surface area contributed by atoms with Crippen molar-refractivity contribution in [3.8, 4) is 11.3 Å². The summed E-state index contributed by atoms with van der Waals surface area (Å²) in [5.41, 5.74) is 3.17. The van der Waals surface area contributed by atoms with Gasteiger partial charge in [-0.1, -0.05) is 48.5 Å². The zero-order valence-corrected chi connectivity index (χ0v) is 16.9. The van der Waals surface area contributed by atoms with Crippen LogP contribution in [0.15, 0.2) is 54.6 Å². The van der Waals surface area contributed by atoms with Gasteiger partial charge in [-0.15, -0.1) is 0 Å². The second-order valence-corrected chi connectivity index (χ2v) is 7.50. The first-order valence-corrected chi connectivity index (χ1v) is 10.4. The van der Waals surface area contributed by atoms with E-state index in [1.807, 2.05) is 41.3 Å². The minimum absolute atomic E-state index is 0.257. The van der Waals surface area contributed by atoms with E-state index in [-0.39, 0.29) is 18.3 Å². The zero-order chi connectivity index (χ0) is 20.8. The van der Waals surface area contributed by atoms with E-state index in [1.54, 1.807) is 16.9 Å². The van der Waals surface area contributed by atoms with Gasteiger partial charge in [-0.05, 0) is 25.5 Å². The van der Waals surface area contributed by atoms with E-state index in [0.29, 0.717) is 18.5 Å². The Labute approximate surface area is 175 Å². The van der Waals surface area contributed by atoms with Crippen LogP contribution in [0, 0.1) is 5.82 Å². The summed E-state index contributed by atoms with van der Waals surface area (Å²) in [5.74, 6) is 0.00430. The quantitative estimate of drug-likeness (QED) is 0.553. The lowest BCUT2D eigenvalue weighted by molar-refractivity contribution is -0.127. The predicted molar refractivity (Wildman–Crippen MR) is 113 cm³/mol. The number of hydrogen-bond acceptors (Lipinski definition) is 4. The van der Waals surface area contributed by atoms with Crippen LogP contribution in [0.25, 0.3) is 11.3 Å². The second-order valence-electron chi connectivity index (χ2n) is 7.50. The van der Waals surface area contributed by atoms with E-state index in [4.69, 9.17) is 0 Å². The lowest BCUT2D eigenvalue weighted by Crippen LogP contribution is -2.28. The maximum absolute atomic E-state index is 14.0. The van der Waals surface area contributed by atoms with Crippen LogP contribution in [-0.2, 0) is 17.9 Å². The van der Waals surface area contributed by atoms with E-state index < -0.39 is 0 Å². The predicted octanol–water partition coefficient (Wildman–Crippen LogP) is 3.23. The second kappa shape index (κ2) is 9.63. The minimum Gasteiger partial charge on any atom is -0.343 e. The molecule has 1 aliphatic rings. The van der Waals surface area contributed by atoms with Gasteiger partial charge < -0.3 is 10.2 Å². The standard InChI is InChI=1S/C23H26FN5O/c24-20-11-5-4-10-19(20)17-29-26-21(23(27-29)18-8-2-1-3-9-18)16-25-13-7-15-28-14-6-12-22(28)30/h1-5,8-11,25H,6-7,12-17H2. The number of rotatable bonds is 9. The number of aromatic nitrogens is 3. The van der Waals surface area contributed by atoms with Crippen LogP contribution in [0.2, 0.25) is 0 Å². The molecule has 1 aliphatic heterocycles.